The van der Waals surface area contributed by atoms with Crippen LogP contribution < -0.4 is 4.74 Å². The molecule has 0 N–H and O–H groups in total. The summed E-state index contributed by atoms with van der Waals surface area (Å²) in [4.78, 5) is 13.7. The lowest BCUT2D eigenvalue weighted by Crippen LogP contribution is -2.31. The number of aryl methyl sites for hydroxylation is 2. The molecule has 0 atom stereocenters. The van der Waals surface area contributed by atoms with Gasteiger partial charge in [-0.05, 0) is 31.5 Å². The van der Waals surface area contributed by atoms with Crippen molar-refractivity contribution in [2.45, 2.75) is 26.9 Å². The lowest BCUT2D eigenvalue weighted by Gasteiger charge is -2.16. The zero-order valence-corrected chi connectivity index (χ0v) is 12.7. The fourth-order valence-electron chi connectivity index (χ4n) is 1.96. The number of amides is 1. The average Bonchev–Trinajstić information content (AvgIpc) is 2.93. The molecule has 0 bridgehead atoms. The van der Waals surface area contributed by atoms with Crippen molar-refractivity contribution >= 4 is 5.91 Å². The highest BCUT2D eigenvalue weighted by molar-refractivity contribution is 5.77. The number of likely N-dealkylation sites (N-methyl/N-ethyl adjacent to an activating group) is 1. The summed E-state index contributed by atoms with van der Waals surface area (Å²) in [6, 6.07) is 9.59. The third kappa shape index (κ3) is 4.08. The van der Waals surface area contributed by atoms with Gasteiger partial charge in [0.15, 0.2) is 6.61 Å². The Kier molecular flexibility index (Phi) is 4.98. The summed E-state index contributed by atoms with van der Waals surface area (Å²) < 4.78 is 7.41. The van der Waals surface area contributed by atoms with Crippen LogP contribution in [-0.4, -0.2) is 34.2 Å². The highest BCUT2D eigenvalue weighted by atomic mass is 16.5. The lowest BCUT2D eigenvalue weighted by atomic mass is 10.2. The van der Waals surface area contributed by atoms with Crippen molar-refractivity contribution in [1.82, 2.24) is 14.7 Å². The molecule has 112 valence electrons. The van der Waals surface area contributed by atoms with Crippen LogP contribution in [0, 0.1) is 6.92 Å². The molecule has 0 aliphatic heterocycles. The Morgan fingerprint density at radius 2 is 2.10 bits per heavy atom. The molecule has 0 spiro atoms. The van der Waals surface area contributed by atoms with Crippen LogP contribution in [-0.2, 0) is 17.9 Å². The van der Waals surface area contributed by atoms with E-state index in [1.54, 1.807) is 11.9 Å². The van der Waals surface area contributed by atoms with E-state index in [9.17, 15) is 4.79 Å². The van der Waals surface area contributed by atoms with E-state index >= 15 is 0 Å². The molecule has 0 aliphatic rings. The Balaban J connectivity index is 1.86. The van der Waals surface area contributed by atoms with Gasteiger partial charge in [-0.15, -0.1) is 0 Å². The first kappa shape index (κ1) is 15.1. The first-order valence-corrected chi connectivity index (χ1v) is 7.05. The highest BCUT2D eigenvalue weighted by Gasteiger charge is 2.12. The van der Waals surface area contributed by atoms with E-state index in [2.05, 4.69) is 5.10 Å². The fraction of sp³-hybridized carbons (Fsp3) is 0.375. The largest absolute Gasteiger partial charge is 0.484 e. The molecule has 2 rings (SSSR count). The average molecular weight is 287 g/mol. The molecule has 5 nitrogen and oxygen atoms in total. The third-order valence-electron chi connectivity index (χ3n) is 3.29. The van der Waals surface area contributed by atoms with E-state index in [0.29, 0.717) is 6.54 Å². The molecule has 0 saturated heterocycles. The second kappa shape index (κ2) is 6.92. The number of hydrogen-bond acceptors (Lipinski definition) is 3. The lowest BCUT2D eigenvalue weighted by molar-refractivity contribution is -0.132. The van der Waals surface area contributed by atoms with Gasteiger partial charge >= 0.3 is 0 Å². The first-order valence-electron chi connectivity index (χ1n) is 7.05. The summed E-state index contributed by atoms with van der Waals surface area (Å²) >= 11 is 0. The Bertz CT molecular complexity index is 607. The summed E-state index contributed by atoms with van der Waals surface area (Å²) in [6.07, 6.45) is 1.91. The number of aromatic nitrogens is 2. The minimum absolute atomic E-state index is 0.0375. The molecule has 0 fully saturated rings. The van der Waals surface area contributed by atoms with E-state index in [-0.39, 0.29) is 12.5 Å². The van der Waals surface area contributed by atoms with E-state index in [0.717, 1.165) is 23.6 Å². The molecule has 0 aliphatic carbocycles. The number of ether oxygens (including phenoxy) is 1. The van der Waals surface area contributed by atoms with E-state index in [1.807, 2.05) is 55.1 Å². The molecule has 5 heteroatoms. The van der Waals surface area contributed by atoms with Gasteiger partial charge in [-0.25, -0.2) is 0 Å². The molecular formula is C16H21N3O2. The van der Waals surface area contributed by atoms with Gasteiger partial charge < -0.3 is 9.64 Å². The van der Waals surface area contributed by atoms with Gasteiger partial charge in [0.1, 0.15) is 5.75 Å². The van der Waals surface area contributed by atoms with Crippen LogP contribution in [0.1, 0.15) is 18.2 Å². The maximum absolute atomic E-state index is 12.1. The second-order valence-electron chi connectivity index (χ2n) is 4.97. The topological polar surface area (TPSA) is 47.4 Å². The summed E-state index contributed by atoms with van der Waals surface area (Å²) in [6.45, 7) is 5.34. The zero-order valence-electron chi connectivity index (χ0n) is 12.7. The second-order valence-corrected chi connectivity index (χ2v) is 4.97. The Labute approximate surface area is 125 Å². The summed E-state index contributed by atoms with van der Waals surface area (Å²) in [7, 11) is 1.76. The maximum Gasteiger partial charge on any atom is 0.260 e. The normalized spacial score (nSPS) is 10.4. The zero-order chi connectivity index (χ0) is 15.2. The minimum atomic E-state index is -0.0655. The van der Waals surface area contributed by atoms with Crippen molar-refractivity contribution in [3.63, 3.8) is 0 Å². The SMILES string of the molecule is CCn1ccc(CN(C)C(=O)COc2ccccc2C)n1. The molecule has 1 heterocycles. The van der Waals surface area contributed by atoms with Gasteiger partial charge in [-0.1, -0.05) is 18.2 Å². The van der Waals surface area contributed by atoms with Crippen molar-refractivity contribution in [2.75, 3.05) is 13.7 Å². The number of rotatable bonds is 6. The first-order chi connectivity index (χ1) is 10.1. The summed E-state index contributed by atoms with van der Waals surface area (Å²) in [5, 5.41) is 4.37. The van der Waals surface area contributed by atoms with Crippen LogP contribution in [0.3, 0.4) is 0 Å². The van der Waals surface area contributed by atoms with Gasteiger partial charge in [0.05, 0.1) is 12.2 Å². The van der Waals surface area contributed by atoms with E-state index in [1.165, 1.54) is 0 Å². The van der Waals surface area contributed by atoms with E-state index < -0.39 is 0 Å². The summed E-state index contributed by atoms with van der Waals surface area (Å²) in [5.41, 5.74) is 1.90. The molecule has 1 aromatic heterocycles. The van der Waals surface area contributed by atoms with Crippen molar-refractivity contribution in [3.05, 3.63) is 47.8 Å². The predicted octanol–water partition coefficient (Wildman–Crippen LogP) is 2.25. The minimum Gasteiger partial charge on any atom is -0.484 e. The predicted molar refractivity (Wildman–Crippen MR) is 81.0 cm³/mol. The number of carbonyl (C=O) groups excluding carboxylic acids is 1. The van der Waals surface area contributed by atoms with Crippen LogP contribution >= 0.6 is 0 Å². The van der Waals surface area contributed by atoms with Gasteiger partial charge in [-0.3, -0.25) is 9.48 Å². The molecule has 1 aromatic carbocycles. The monoisotopic (exact) mass is 287 g/mol. The van der Waals surface area contributed by atoms with Crippen molar-refractivity contribution in [1.29, 1.82) is 0 Å². The van der Waals surface area contributed by atoms with Crippen molar-refractivity contribution < 1.29 is 9.53 Å². The van der Waals surface area contributed by atoms with Gasteiger partial charge in [0, 0.05) is 19.8 Å². The van der Waals surface area contributed by atoms with Gasteiger partial charge in [0.2, 0.25) is 0 Å². The third-order valence-corrected chi connectivity index (χ3v) is 3.29. The standard InChI is InChI=1S/C16H21N3O2/c1-4-19-10-9-14(17-19)11-18(3)16(20)12-21-15-8-6-5-7-13(15)2/h5-10H,4,11-12H2,1-3H3. The molecular weight excluding hydrogens is 266 g/mol. The number of para-hydroxylation sites is 1. The quantitative estimate of drug-likeness (QED) is 0.818. The fourth-order valence-corrected chi connectivity index (χ4v) is 1.96. The Morgan fingerprint density at radius 3 is 2.76 bits per heavy atom. The van der Waals surface area contributed by atoms with Crippen molar-refractivity contribution in [3.8, 4) is 5.75 Å². The smallest absolute Gasteiger partial charge is 0.260 e. The number of nitrogens with zero attached hydrogens (tertiary/aromatic N) is 3. The Morgan fingerprint density at radius 1 is 1.33 bits per heavy atom. The van der Waals surface area contributed by atoms with Gasteiger partial charge in [0.25, 0.3) is 5.91 Å². The van der Waals surface area contributed by atoms with Crippen LogP contribution in [0.15, 0.2) is 36.5 Å². The van der Waals surface area contributed by atoms with Crippen LogP contribution in [0.5, 0.6) is 5.75 Å². The molecule has 0 radical (unpaired) electrons. The molecule has 1 amide bonds. The van der Waals surface area contributed by atoms with Crippen LogP contribution in [0.4, 0.5) is 0 Å². The number of carbonyl (C=O) groups is 1. The molecule has 0 unspecified atom stereocenters. The maximum atomic E-state index is 12.1. The van der Waals surface area contributed by atoms with Crippen molar-refractivity contribution in [2.24, 2.45) is 0 Å². The summed E-state index contributed by atoms with van der Waals surface area (Å²) in [5.74, 6) is 0.679. The van der Waals surface area contributed by atoms with Crippen LogP contribution in [0.2, 0.25) is 0 Å². The number of hydrogen-bond donors (Lipinski definition) is 0. The molecule has 2 aromatic rings. The van der Waals surface area contributed by atoms with E-state index in [4.69, 9.17) is 4.74 Å². The van der Waals surface area contributed by atoms with Crippen LogP contribution in [0.25, 0.3) is 0 Å². The molecule has 0 saturated carbocycles. The number of benzene rings is 1. The highest BCUT2D eigenvalue weighted by Crippen LogP contribution is 2.16. The van der Waals surface area contributed by atoms with Gasteiger partial charge in [-0.2, -0.15) is 5.10 Å². The molecule has 21 heavy (non-hydrogen) atoms. The Hall–Kier alpha value is -2.30.